The van der Waals surface area contributed by atoms with Crippen molar-refractivity contribution < 1.29 is 9.53 Å². The third kappa shape index (κ3) is 3.97. The monoisotopic (exact) mass is 363 g/mol. The van der Waals surface area contributed by atoms with Crippen molar-refractivity contribution >= 4 is 30.7 Å². The highest BCUT2D eigenvalue weighted by molar-refractivity contribution is 5.88. The van der Waals surface area contributed by atoms with Crippen LogP contribution < -0.4 is 5.73 Å². The summed E-state index contributed by atoms with van der Waals surface area (Å²) >= 11 is 0. The Labute approximate surface area is 150 Å². The zero-order chi connectivity index (χ0) is 15.7. The van der Waals surface area contributed by atoms with E-state index in [1.54, 1.807) is 24.3 Å². The number of rotatable bonds is 5. The lowest BCUT2D eigenvalue weighted by molar-refractivity contribution is -0.178. The van der Waals surface area contributed by atoms with Crippen molar-refractivity contribution in [1.82, 2.24) is 9.88 Å². The molecule has 1 aliphatic carbocycles. The van der Waals surface area contributed by atoms with Gasteiger partial charge in [-0.3, -0.25) is 9.78 Å². The molecule has 2 rings (SSSR count). The maximum Gasteiger partial charge on any atom is 0.243 e. The summed E-state index contributed by atoms with van der Waals surface area (Å²) in [6.45, 7) is 7.13. The van der Waals surface area contributed by atoms with E-state index in [1.165, 1.54) is 0 Å². The molecule has 1 aromatic rings. The Kier molecular flexibility index (Phi) is 7.97. The molecular formula is C16H27Cl2N3O2. The quantitative estimate of drug-likeness (QED) is 0.871. The summed E-state index contributed by atoms with van der Waals surface area (Å²) in [6, 6.07) is 3.82. The van der Waals surface area contributed by atoms with E-state index in [1.807, 2.05) is 32.9 Å². The van der Waals surface area contributed by atoms with Crippen LogP contribution in [0.25, 0.3) is 0 Å². The van der Waals surface area contributed by atoms with Crippen molar-refractivity contribution in [3.05, 3.63) is 30.1 Å². The van der Waals surface area contributed by atoms with E-state index in [9.17, 15) is 4.79 Å². The number of pyridine rings is 1. The van der Waals surface area contributed by atoms with Gasteiger partial charge in [0.25, 0.3) is 0 Å². The van der Waals surface area contributed by atoms with Crippen LogP contribution in [-0.4, -0.2) is 41.1 Å². The van der Waals surface area contributed by atoms with Crippen molar-refractivity contribution in [2.75, 3.05) is 13.7 Å². The average molecular weight is 364 g/mol. The van der Waals surface area contributed by atoms with Crippen molar-refractivity contribution in [3.63, 3.8) is 0 Å². The van der Waals surface area contributed by atoms with E-state index >= 15 is 0 Å². The number of likely N-dealkylation sites (N-methyl/N-ethyl adjacent to an activating group) is 1. The second-order valence-electron chi connectivity index (χ2n) is 6.36. The molecule has 0 saturated heterocycles. The summed E-state index contributed by atoms with van der Waals surface area (Å²) in [5.74, 6) is -0.0349. The van der Waals surface area contributed by atoms with Gasteiger partial charge in [0.15, 0.2) is 0 Å². The maximum atomic E-state index is 12.7. The Morgan fingerprint density at radius 1 is 1.48 bits per heavy atom. The highest BCUT2D eigenvalue weighted by Crippen LogP contribution is 2.50. The second-order valence-corrected chi connectivity index (χ2v) is 6.36. The van der Waals surface area contributed by atoms with Crippen LogP contribution in [0.2, 0.25) is 0 Å². The van der Waals surface area contributed by atoms with Crippen molar-refractivity contribution in [2.24, 2.45) is 11.1 Å². The number of amides is 1. The topological polar surface area (TPSA) is 68.5 Å². The first kappa shape index (κ1) is 22.1. The van der Waals surface area contributed by atoms with Crippen molar-refractivity contribution in [1.29, 1.82) is 0 Å². The first-order valence-electron chi connectivity index (χ1n) is 7.38. The molecule has 1 heterocycles. The fourth-order valence-corrected chi connectivity index (χ4v) is 2.98. The first-order chi connectivity index (χ1) is 9.83. The molecule has 1 aliphatic rings. The smallest absolute Gasteiger partial charge is 0.243 e. The van der Waals surface area contributed by atoms with Gasteiger partial charge in [-0.05, 0) is 18.6 Å². The maximum absolute atomic E-state index is 12.7. The molecule has 1 amide bonds. The molecule has 0 spiro atoms. The number of carbonyl (C=O) groups is 1. The fraction of sp³-hybridized carbons (Fsp3) is 0.625. The third-order valence-electron chi connectivity index (χ3n) is 4.70. The lowest BCUT2D eigenvalue weighted by Crippen LogP contribution is -2.75. The van der Waals surface area contributed by atoms with E-state index < -0.39 is 5.54 Å². The zero-order valence-corrected chi connectivity index (χ0v) is 15.7. The van der Waals surface area contributed by atoms with Gasteiger partial charge in [-0.1, -0.05) is 19.9 Å². The van der Waals surface area contributed by atoms with Crippen LogP contribution in [0.5, 0.6) is 0 Å². The number of hydrogen-bond acceptors (Lipinski definition) is 4. The van der Waals surface area contributed by atoms with Crippen molar-refractivity contribution in [2.45, 2.75) is 45.4 Å². The molecular weight excluding hydrogens is 337 g/mol. The standard InChI is InChI=1S/C16H25N3O2.2ClH/c1-5-21-13-9-16(17,15(13,2)3)14(20)19(4)11-12-7-6-8-18-10-12;;/h6-8,10,13H,5,9,11,17H2,1-4H3;2*1H. The number of nitrogens with zero attached hydrogens (tertiary/aromatic N) is 2. The number of aromatic nitrogens is 1. The van der Waals surface area contributed by atoms with Gasteiger partial charge in [0.05, 0.1) is 6.10 Å². The van der Waals surface area contributed by atoms with Gasteiger partial charge in [-0.15, -0.1) is 24.8 Å². The zero-order valence-electron chi connectivity index (χ0n) is 14.1. The van der Waals surface area contributed by atoms with Gasteiger partial charge in [-0.25, -0.2) is 0 Å². The van der Waals surface area contributed by atoms with Crippen LogP contribution in [0.3, 0.4) is 0 Å². The van der Waals surface area contributed by atoms with Crippen LogP contribution >= 0.6 is 24.8 Å². The molecule has 2 unspecified atom stereocenters. The molecule has 2 atom stereocenters. The van der Waals surface area contributed by atoms with Gasteiger partial charge in [-0.2, -0.15) is 0 Å². The Bertz CT molecular complexity index is 513. The normalized spacial score (nSPS) is 24.7. The molecule has 0 radical (unpaired) electrons. The first-order valence-corrected chi connectivity index (χ1v) is 7.38. The van der Waals surface area contributed by atoms with E-state index in [0.717, 1.165) is 5.56 Å². The Morgan fingerprint density at radius 3 is 2.61 bits per heavy atom. The van der Waals surface area contributed by atoms with Crippen molar-refractivity contribution in [3.8, 4) is 0 Å². The molecule has 23 heavy (non-hydrogen) atoms. The summed E-state index contributed by atoms with van der Waals surface area (Å²) < 4.78 is 5.68. The van der Waals surface area contributed by atoms with Gasteiger partial charge in [0, 0.05) is 44.4 Å². The van der Waals surface area contributed by atoms with Gasteiger partial charge < -0.3 is 15.4 Å². The Balaban J connectivity index is 0.00000242. The minimum atomic E-state index is -0.857. The van der Waals surface area contributed by atoms with Crippen LogP contribution in [0.4, 0.5) is 0 Å². The molecule has 1 aromatic heterocycles. The van der Waals surface area contributed by atoms with E-state index in [4.69, 9.17) is 10.5 Å². The average Bonchev–Trinajstić information content (AvgIpc) is 2.47. The molecule has 0 aliphatic heterocycles. The largest absolute Gasteiger partial charge is 0.378 e. The highest BCUT2D eigenvalue weighted by Gasteiger charge is 2.63. The molecule has 7 heteroatoms. The van der Waals surface area contributed by atoms with Gasteiger partial charge >= 0.3 is 0 Å². The molecule has 5 nitrogen and oxygen atoms in total. The van der Waals surface area contributed by atoms with Crippen LogP contribution in [0, 0.1) is 5.41 Å². The number of ether oxygens (including phenoxy) is 1. The summed E-state index contributed by atoms with van der Waals surface area (Å²) in [7, 11) is 1.79. The van der Waals surface area contributed by atoms with E-state index in [2.05, 4.69) is 4.98 Å². The highest BCUT2D eigenvalue weighted by atomic mass is 35.5. The number of carbonyl (C=O) groups excluding carboxylic acids is 1. The van der Waals surface area contributed by atoms with Crippen LogP contribution in [0.15, 0.2) is 24.5 Å². The van der Waals surface area contributed by atoms with Gasteiger partial charge in [0.2, 0.25) is 5.91 Å². The Hall–Kier alpha value is -0.880. The number of halogens is 2. The number of nitrogens with two attached hydrogens (primary N) is 1. The molecule has 0 bridgehead atoms. The predicted octanol–water partition coefficient (Wildman–Crippen LogP) is 2.42. The molecule has 2 N–H and O–H groups in total. The molecule has 0 aromatic carbocycles. The fourth-order valence-electron chi connectivity index (χ4n) is 2.98. The van der Waals surface area contributed by atoms with Crippen LogP contribution in [0.1, 0.15) is 32.8 Å². The second kappa shape index (κ2) is 8.29. The lowest BCUT2D eigenvalue weighted by Gasteiger charge is -2.58. The minimum Gasteiger partial charge on any atom is -0.378 e. The molecule has 132 valence electrons. The molecule has 1 saturated carbocycles. The number of hydrogen-bond donors (Lipinski definition) is 1. The van der Waals surface area contributed by atoms with E-state index in [0.29, 0.717) is 19.6 Å². The Morgan fingerprint density at radius 2 is 2.13 bits per heavy atom. The summed E-state index contributed by atoms with van der Waals surface area (Å²) in [5.41, 5.74) is 6.19. The third-order valence-corrected chi connectivity index (χ3v) is 4.70. The molecule has 1 fully saturated rings. The van der Waals surface area contributed by atoms with E-state index in [-0.39, 0.29) is 42.2 Å². The summed E-state index contributed by atoms with van der Waals surface area (Å²) in [4.78, 5) is 18.5. The SMILES string of the molecule is CCOC1CC(N)(C(=O)N(C)Cc2cccnc2)C1(C)C.Cl.Cl. The van der Waals surface area contributed by atoms with Crippen LogP contribution in [-0.2, 0) is 16.1 Å². The summed E-state index contributed by atoms with van der Waals surface area (Å²) in [6.07, 6.45) is 4.10. The van der Waals surface area contributed by atoms with Gasteiger partial charge in [0.1, 0.15) is 5.54 Å². The minimum absolute atomic E-state index is 0. The lowest BCUT2D eigenvalue weighted by atomic mass is 9.54. The summed E-state index contributed by atoms with van der Waals surface area (Å²) in [5, 5.41) is 0. The predicted molar refractivity (Wildman–Crippen MR) is 95.9 cm³/mol.